The lowest BCUT2D eigenvalue weighted by Crippen LogP contribution is -2.58. The van der Waals surface area contributed by atoms with Crippen LogP contribution < -0.4 is 0 Å². The van der Waals surface area contributed by atoms with Gasteiger partial charge in [-0.2, -0.15) is 8.42 Å². The van der Waals surface area contributed by atoms with Gasteiger partial charge in [-0.25, -0.2) is 0 Å². The van der Waals surface area contributed by atoms with Gasteiger partial charge < -0.3 is 14.6 Å². The predicted octanol–water partition coefficient (Wildman–Crippen LogP) is 3.17. The first-order valence-electron chi connectivity index (χ1n) is 11.6. The summed E-state index contributed by atoms with van der Waals surface area (Å²) in [5, 5.41) is 11.2. The molecule has 5 aliphatic rings. The van der Waals surface area contributed by atoms with Crippen molar-refractivity contribution in [1.29, 1.82) is 0 Å². The number of aliphatic hydroxyl groups is 1. The van der Waals surface area contributed by atoms with E-state index < -0.39 is 27.4 Å². The lowest BCUT2D eigenvalue weighted by Gasteiger charge is -2.60. The van der Waals surface area contributed by atoms with Gasteiger partial charge in [0.1, 0.15) is 5.60 Å². The third-order valence-electron chi connectivity index (χ3n) is 9.93. The normalized spacial score (nSPS) is 48.4. The molecule has 7 atom stereocenters. The fraction of sp³-hybridized carbons (Fsp3) is 0.833. The maximum Gasteiger partial charge on any atom is 0.265 e. The average molecular weight is 451 g/mol. The Labute approximate surface area is 185 Å². The number of ether oxygens (including phenoxy) is 2. The van der Waals surface area contributed by atoms with Crippen LogP contribution >= 0.6 is 0 Å². The van der Waals surface area contributed by atoms with Gasteiger partial charge in [0.2, 0.25) is 0 Å². The summed E-state index contributed by atoms with van der Waals surface area (Å²) >= 11 is 0. The summed E-state index contributed by atoms with van der Waals surface area (Å²) in [5.74, 6) is 2.19. The van der Waals surface area contributed by atoms with E-state index in [-0.39, 0.29) is 16.6 Å². The Morgan fingerprint density at radius 3 is 2.52 bits per heavy atom. The zero-order valence-electron chi connectivity index (χ0n) is 18.5. The quantitative estimate of drug-likeness (QED) is 0.381. The zero-order chi connectivity index (χ0) is 22.3. The van der Waals surface area contributed by atoms with Crippen LogP contribution in [0.4, 0.5) is 0 Å². The Kier molecular flexibility index (Phi) is 4.81. The lowest BCUT2D eigenvalue weighted by molar-refractivity contribution is -0.217. The van der Waals surface area contributed by atoms with Gasteiger partial charge in [-0.05, 0) is 61.7 Å². The van der Waals surface area contributed by atoms with Crippen LogP contribution in [0.25, 0.3) is 0 Å². The molecule has 0 radical (unpaired) electrons. The van der Waals surface area contributed by atoms with Crippen molar-refractivity contribution in [1.82, 2.24) is 0 Å². The van der Waals surface area contributed by atoms with Crippen molar-refractivity contribution in [2.24, 2.45) is 34.5 Å². The van der Waals surface area contributed by atoms with E-state index in [1.807, 2.05) is 0 Å². The van der Waals surface area contributed by atoms with E-state index >= 15 is 0 Å². The molecule has 1 aliphatic heterocycles. The van der Waals surface area contributed by atoms with Gasteiger partial charge in [0.25, 0.3) is 10.1 Å². The third-order valence-corrected chi connectivity index (χ3v) is 10.8. The van der Waals surface area contributed by atoms with Gasteiger partial charge in [-0.15, -0.1) is 6.42 Å². The van der Waals surface area contributed by atoms with Crippen LogP contribution in [0.5, 0.6) is 0 Å². The van der Waals surface area contributed by atoms with Crippen molar-refractivity contribution < 1.29 is 27.6 Å². The van der Waals surface area contributed by atoms with Crippen LogP contribution in [0.1, 0.15) is 58.8 Å². The van der Waals surface area contributed by atoms with Crippen molar-refractivity contribution in [3.05, 3.63) is 11.6 Å². The van der Waals surface area contributed by atoms with E-state index in [0.29, 0.717) is 50.2 Å². The smallest absolute Gasteiger partial charge is 0.265 e. The van der Waals surface area contributed by atoms with Crippen molar-refractivity contribution in [2.75, 3.05) is 19.0 Å². The van der Waals surface area contributed by atoms with Crippen LogP contribution in [0.3, 0.4) is 0 Å². The number of terminal acetylenes is 1. The van der Waals surface area contributed by atoms with Crippen molar-refractivity contribution in [2.45, 2.75) is 70.2 Å². The minimum atomic E-state index is -4.16. The fourth-order valence-electron chi connectivity index (χ4n) is 8.29. The van der Waals surface area contributed by atoms with E-state index in [4.69, 9.17) is 15.9 Å². The molecule has 0 amide bonds. The molecule has 0 bridgehead atoms. The molecule has 0 aromatic heterocycles. The summed E-state index contributed by atoms with van der Waals surface area (Å²) in [4.78, 5) is 0. The Morgan fingerprint density at radius 1 is 1.19 bits per heavy atom. The molecule has 172 valence electrons. The monoisotopic (exact) mass is 450 g/mol. The summed E-state index contributed by atoms with van der Waals surface area (Å²) in [6, 6.07) is 0. The molecule has 4 fully saturated rings. The predicted molar refractivity (Wildman–Crippen MR) is 115 cm³/mol. The molecule has 2 N–H and O–H groups in total. The average Bonchev–Trinajstić information content (AvgIpc) is 3.26. The minimum Gasteiger partial charge on any atom is -0.377 e. The van der Waals surface area contributed by atoms with Gasteiger partial charge in [-0.1, -0.05) is 31.4 Å². The maximum absolute atomic E-state index is 11.9. The van der Waals surface area contributed by atoms with E-state index in [0.717, 1.165) is 25.7 Å². The standard InChI is InChI=1S/C24H34O6S/c1-4-23(25)10-8-20-18-6-5-16-14-24(29-11-12-30-24)17(15-31(26,27)28)13-21(16,2)19(18)7-9-22(20,23)3/h1,5,17-20,25H,6-15H2,2-3H3,(H,26,27,28)/t17?,18-,19+,20+,21+,22+,23+/m1/s1. The Bertz CT molecular complexity index is 944. The molecule has 6 nitrogen and oxygen atoms in total. The molecule has 4 aliphatic carbocycles. The van der Waals surface area contributed by atoms with Gasteiger partial charge in [0.15, 0.2) is 5.79 Å². The molecule has 5 rings (SSSR count). The van der Waals surface area contributed by atoms with Crippen LogP contribution in [-0.2, 0) is 19.6 Å². The molecular weight excluding hydrogens is 416 g/mol. The second-order valence-electron chi connectivity index (χ2n) is 11.1. The van der Waals surface area contributed by atoms with Gasteiger partial charge >= 0.3 is 0 Å². The van der Waals surface area contributed by atoms with Crippen LogP contribution in [0.2, 0.25) is 0 Å². The molecule has 1 unspecified atom stereocenters. The van der Waals surface area contributed by atoms with E-state index in [2.05, 4.69) is 25.8 Å². The Hall–Kier alpha value is -0.910. The highest BCUT2D eigenvalue weighted by Gasteiger charge is 2.65. The topological polar surface area (TPSA) is 93.1 Å². The molecule has 31 heavy (non-hydrogen) atoms. The number of hydrogen-bond acceptors (Lipinski definition) is 5. The molecule has 7 heteroatoms. The maximum atomic E-state index is 11.9. The largest absolute Gasteiger partial charge is 0.377 e. The van der Waals surface area contributed by atoms with E-state index in [9.17, 15) is 18.1 Å². The lowest BCUT2D eigenvalue weighted by atomic mass is 9.46. The zero-order valence-corrected chi connectivity index (χ0v) is 19.3. The second-order valence-corrected chi connectivity index (χ2v) is 12.6. The first-order chi connectivity index (χ1) is 14.5. The molecule has 1 saturated heterocycles. The van der Waals surface area contributed by atoms with Crippen molar-refractivity contribution >= 4 is 10.1 Å². The molecular formula is C24H34O6S. The summed E-state index contributed by atoms with van der Waals surface area (Å²) in [6.45, 7) is 5.32. The van der Waals surface area contributed by atoms with Crippen LogP contribution in [0.15, 0.2) is 11.6 Å². The first-order valence-corrected chi connectivity index (χ1v) is 13.2. The molecule has 0 aromatic rings. The molecule has 3 saturated carbocycles. The van der Waals surface area contributed by atoms with Crippen molar-refractivity contribution in [3.63, 3.8) is 0 Å². The number of hydrogen-bond donors (Lipinski definition) is 2. The van der Waals surface area contributed by atoms with E-state index in [1.54, 1.807) is 0 Å². The van der Waals surface area contributed by atoms with Gasteiger partial charge in [0.05, 0.1) is 19.0 Å². The van der Waals surface area contributed by atoms with Crippen LogP contribution in [-0.4, -0.2) is 48.4 Å². The number of rotatable bonds is 2. The highest BCUT2D eigenvalue weighted by molar-refractivity contribution is 7.85. The first kappa shape index (κ1) is 21.9. The fourth-order valence-corrected chi connectivity index (χ4v) is 9.17. The minimum absolute atomic E-state index is 0.170. The Morgan fingerprint density at radius 2 is 1.87 bits per heavy atom. The van der Waals surface area contributed by atoms with Gasteiger partial charge in [0, 0.05) is 17.8 Å². The highest BCUT2D eigenvalue weighted by Crippen LogP contribution is 2.68. The number of allylic oxidation sites excluding steroid dienone is 1. The molecule has 1 spiro atoms. The third kappa shape index (κ3) is 3.02. The summed E-state index contributed by atoms with van der Waals surface area (Å²) in [5.41, 5.74) is -0.178. The van der Waals surface area contributed by atoms with Crippen molar-refractivity contribution in [3.8, 4) is 12.3 Å². The molecule has 1 heterocycles. The summed E-state index contributed by atoms with van der Waals surface area (Å²) in [6.07, 6.45) is 13.7. The Balaban J connectivity index is 1.51. The SMILES string of the molecule is C#C[C@]1(O)CC[C@H]2[C@@H]3CC=C4CC5(OCCO5)C(CS(=O)(=O)O)C[C@]4(C)[C@H]3CC[C@@]21C. The number of fused-ring (bicyclic) bond motifs is 5. The summed E-state index contributed by atoms with van der Waals surface area (Å²) in [7, 11) is -4.16. The second kappa shape index (κ2) is 6.80. The van der Waals surface area contributed by atoms with Gasteiger partial charge in [-0.3, -0.25) is 4.55 Å². The van der Waals surface area contributed by atoms with E-state index in [1.165, 1.54) is 5.57 Å². The van der Waals surface area contributed by atoms with Crippen LogP contribution in [0, 0.1) is 46.8 Å². The molecule has 0 aromatic carbocycles. The highest BCUT2D eigenvalue weighted by atomic mass is 32.2. The summed E-state index contributed by atoms with van der Waals surface area (Å²) < 4.78 is 45.4.